The fourth-order valence-electron chi connectivity index (χ4n) is 2.24. The van der Waals surface area contributed by atoms with E-state index in [0.29, 0.717) is 16.1 Å². The van der Waals surface area contributed by atoms with Crippen LogP contribution in [0.1, 0.15) is 15.9 Å². The number of carbonyl (C=O) groups excluding carboxylic acids is 3. The molecule has 0 bridgehead atoms. The number of amides is 2. The first kappa shape index (κ1) is 17.9. The van der Waals surface area contributed by atoms with Gasteiger partial charge in [0.2, 0.25) is 0 Å². The number of ketones is 1. The van der Waals surface area contributed by atoms with Crippen molar-refractivity contribution in [3.8, 4) is 0 Å². The summed E-state index contributed by atoms with van der Waals surface area (Å²) in [4.78, 5) is 38.1. The molecule has 0 aromatic heterocycles. The molecule has 4 nitrogen and oxygen atoms in total. The topological polar surface area (TPSA) is 54.5 Å². The summed E-state index contributed by atoms with van der Waals surface area (Å²) in [6.07, 6.45) is 1.57. The van der Waals surface area contributed by atoms with E-state index in [1.807, 2.05) is 0 Å². The highest BCUT2D eigenvalue weighted by atomic mass is 79.9. The van der Waals surface area contributed by atoms with Gasteiger partial charge in [0.15, 0.2) is 5.78 Å². The highest BCUT2D eigenvalue weighted by molar-refractivity contribution is 9.10. The summed E-state index contributed by atoms with van der Waals surface area (Å²) in [5, 5.41) is 0.0222. The van der Waals surface area contributed by atoms with Gasteiger partial charge in [0.1, 0.15) is 0 Å². The maximum atomic E-state index is 12.5. The molecule has 1 fully saturated rings. The molecule has 0 radical (unpaired) electrons. The molecule has 25 heavy (non-hydrogen) atoms. The molecule has 126 valence electrons. The second-order valence-corrected chi connectivity index (χ2v) is 7.54. The van der Waals surface area contributed by atoms with Crippen molar-refractivity contribution in [2.24, 2.45) is 0 Å². The van der Waals surface area contributed by atoms with Crippen LogP contribution in [0.15, 0.2) is 57.9 Å². The molecule has 0 spiro atoms. The number of hydrogen-bond acceptors (Lipinski definition) is 4. The molecule has 3 rings (SSSR count). The lowest BCUT2D eigenvalue weighted by atomic mass is 10.1. The van der Waals surface area contributed by atoms with Crippen molar-refractivity contribution in [1.82, 2.24) is 4.90 Å². The van der Waals surface area contributed by atoms with Crippen molar-refractivity contribution in [1.29, 1.82) is 0 Å². The normalized spacial score (nSPS) is 15.9. The number of rotatable bonds is 4. The smallest absolute Gasteiger partial charge is 0.292 e. The molecule has 7 heteroatoms. The Labute approximate surface area is 162 Å². The fraction of sp³-hybridized carbons (Fsp3) is 0.0556. The van der Waals surface area contributed by atoms with Gasteiger partial charge in [0.25, 0.3) is 11.1 Å². The highest BCUT2D eigenvalue weighted by Crippen LogP contribution is 2.33. The van der Waals surface area contributed by atoms with Crippen molar-refractivity contribution < 1.29 is 14.4 Å². The van der Waals surface area contributed by atoms with Crippen molar-refractivity contribution in [2.45, 2.75) is 0 Å². The summed E-state index contributed by atoms with van der Waals surface area (Å²) in [6.45, 7) is -0.286. The Morgan fingerprint density at radius 1 is 1.12 bits per heavy atom. The van der Waals surface area contributed by atoms with Crippen LogP contribution in [0.25, 0.3) is 6.08 Å². The van der Waals surface area contributed by atoms with Gasteiger partial charge in [-0.3, -0.25) is 19.3 Å². The Balaban J connectivity index is 1.79. The monoisotopic (exact) mass is 435 g/mol. The fourth-order valence-corrected chi connectivity index (χ4v) is 3.52. The summed E-state index contributed by atoms with van der Waals surface area (Å²) in [5.41, 5.74) is 1.09. The molecule has 2 amide bonds. The number of nitrogens with zero attached hydrogens (tertiary/aromatic N) is 1. The van der Waals surface area contributed by atoms with Crippen LogP contribution in [0, 0.1) is 0 Å². The molecule has 1 saturated heterocycles. The van der Waals surface area contributed by atoms with Gasteiger partial charge >= 0.3 is 0 Å². The first-order valence-electron chi connectivity index (χ1n) is 7.24. The quantitative estimate of drug-likeness (QED) is 0.499. The van der Waals surface area contributed by atoms with Gasteiger partial charge in [-0.05, 0) is 41.6 Å². The minimum atomic E-state index is -0.486. The number of hydrogen-bond donors (Lipinski definition) is 0. The number of benzene rings is 2. The number of carbonyl (C=O) groups is 3. The van der Waals surface area contributed by atoms with Crippen LogP contribution < -0.4 is 0 Å². The largest absolute Gasteiger partial charge is 0.293 e. The second kappa shape index (κ2) is 7.56. The van der Waals surface area contributed by atoms with Crippen LogP contribution >= 0.6 is 39.3 Å². The molecule has 0 N–H and O–H groups in total. The third-order valence-electron chi connectivity index (χ3n) is 3.53. The first-order chi connectivity index (χ1) is 12.0. The predicted molar refractivity (Wildman–Crippen MR) is 103 cm³/mol. The zero-order chi connectivity index (χ0) is 18.0. The van der Waals surface area contributed by atoms with Crippen LogP contribution in [-0.2, 0) is 4.79 Å². The summed E-state index contributed by atoms with van der Waals surface area (Å²) >= 11 is 10.2. The van der Waals surface area contributed by atoms with E-state index in [0.717, 1.165) is 21.1 Å². The van der Waals surface area contributed by atoms with E-state index in [1.165, 1.54) is 0 Å². The molecule has 2 aromatic carbocycles. The van der Waals surface area contributed by atoms with Crippen LogP contribution in [0.3, 0.4) is 0 Å². The van der Waals surface area contributed by atoms with Crippen LogP contribution in [-0.4, -0.2) is 28.4 Å². The van der Waals surface area contributed by atoms with Gasteiger partial charge < -0.3 is 0 Å². The molecular formula is C18H11BrClNO3S. The van der Waals surface area contributed by atoms with Crippen molar-refractivity contribution in [3.63, 3.8) is 0 Å². The van der Waals surface area contributed by atoms with Gasteiger partial charge in [-0.2, -0.15) is 0 Å². The summed E-state index contributed by atoms with van der Waals surface area (Å²) in [7, 11) is 0. The Morgan fingerprint density at radius 3 is 2.48 bits per heavy atom. The van der Waals surface area contributed by atoms with Crippen molar-refractivity contribution in [3.05, 3.63) is 74.1 Å². The van der Waals surface area contributed by atoms with Crippen molar-refractivity contribution >= 4 is 62.3 Å². The Bertz CT molecular complexity index is 895. The number of halogens is 2. The maximum absolute atomic E-state index is 12.5. The second-order valence-electron chi connectivity index (χ2n) is 5.22. The van der Waals surface area contributed by atoms with E-state index >= 15 is 0 Å². The molecule has 0 atom stereocenters. The number of Topliss-reactive ketones (excluding diaryl/α,β-unsaturated/α-hetero) is 1. The lowest BCUT2D eigenvalue weighted by Crippen LogP contribution is -2.33. The van der Waals surface area contributed by atoms with Crippen LogP contribution in [0.2, 0.25) is 5.02 Å². The highest BCUT2D eigenvalue weighted by Gasteiger charge is 2.36. The van der Waals surface area contributed by atoms with E-state index in [9.17, 15) is 14.4 Å². The van der Waals surface area contributed by atoms with E-state index in [1.54, 1.807) is 54.6 Å². The van der Waals surface area contributed by atoms with Crippen molar-refractivity contribution in [2.75, 3.05) is 6.54 Å². The molecule has 1 heterocycles. The number of imide groups is 1. The van der Waals surface area contributed by atoms with Crippen LogP contribution in [0.4, 0.5) is 4.79 Å². The summed E-state index contributed by atoms with van der Waals surface area (Å²) < 4.78 is 0.845. The average Bonchev–Trinajstić information content (AvgIpc) is 2.85. The molecule has 0 saturated carbocycles. The zero-order valence-corrected chi connectivity index (χ0v) is 15.9. The molecule has 2 aromatic rings. The Kier molecular flexibility index (Phi) is 5.42. The zero-order valence-electron chi connectivity index (χ0n) is 12.7. The van der Waals surface area contributed by atoms with E-state index < -0.39 is 11.1 Å². The molecule has 1 aliphatic heterocycles. The molecule has 0 aliphatic carbocycles. The van der Waals surface area contributed by atoms with Gasteiger partial charge in [-0.25, -0.2) is 0 Å². The molecule has 0 unspecified atom stereocenters. The van der Waals surface area contributed by atoms with E-state index in [-0.39, 0.29) is 17.2 Å². The SMILES string of the molecule is O=C(CN1C(=O)S/C(=C\c2ccccc2Cl)C1=O)c1ccc(Br)cc1. The lowest BCUT2D eigenvalue weighted by Gasteiger charge is -2.11. The van der Waals surface area contributed by atoms with Crippen LogP contribution in [0.5, 0.6) is 0 Å². The summed E-state index contributed by atoms with van der Waals surface area (Å²) in [5.74, 6) is -0.783. The standard InChI is InChI=1S/C18H11BrClNO3S/c19-13-7-5-11(6-8-13)15(22)10-21-17(23)16(25-18(21)24)9-12-3-1-2-4-14(12)20/h1-9H,10H2/b16-9-. The van der Waals surface area contributed by atoms with E-state index in [2.05, 4.69) is 15.9 Å². The van der Waals surface area contributed by atoms with Gasteiger partial charge in [0, 0.05) is 15.1 Å². The Hall–Kier alpha value is -1.89. The predicted octanol–water partition coefficient (Wildman–Crippen LogP) is 5.02. The third-order valence-corrected chi connectivity index (χ3v) is 5.31. The van der Waals surface area contributed by atoms with Gasteiger partial charge in [-0.15, -0.1) is 0 Å². The minimum absolute atomic E-state index is 0.252. The molecule has 1 aliphatic rings. The Morgan fingerprint density at radius 2 is 1.80 bits per heavy atom. The first-order valence-corrected chi connectivity index (χ1v) is 9.23. The van der Waals surface area contributed by atoms with Gasteiger partial charge in [-0.1, -0.05) is 57.9 Å². The van der Waals surface area contributed by atoms with E-state index in [4.69, 9.17) is 11.6 Å². The summed E-state index contributed by atoms with van der Waals surface area (Å²) in [6, 6.07) is 13.8. The molecular weight excluding hydrogens is 426 g/mol. The maximum Gasteiger partial charge on any atom is 0.293 e. The average molecular weight is 437 g/mol. The lowest BCUT2D eigenvalue weighted by molar-refractivity contribution is -0.122. The van der Waals surface area contributed by atoms with Gasteiger partial charge in [0.05, 0.1) is 11.4 Å². The number of thioether (sulfide) groups is 1. The minimum Gasteiger partial charge on any atom is -0.292 e. The third kappa shape index (κ3) is 4.03.